The third kappa shape index (κ3) is 6.69. The van der Waals surface area contributed by atoms with Crippen molar-refractivity contribution in [1.82, 2.24) is 20.0 Å². The molecule has 210 valence electrons. The highest BCUT2D eigenvalue weighted by Crippen LogP contribution is 2.29. The molecular formula is C32H31Cl2N5O2. The Morgan fingerprint density at radius 1 is 0.878 bits per heavy atom. The number of hydrogen-bond acceptors (Lipinski definition) is 5. The first-order valence-corrected chi connectivity index (χ1v) is 14.3. The first-order chi connectivity index (χ1) is 19.8. The van der Waals surface area contributed by atoms with Crippen molar-refractivity contribution in [2.45, 2.75) is 19.9 Å². The summed E-state index contributed by atoms with van der Waals surface area (Å²) < 4.78 is 0. The molecular weight excluding hydrogens is 557 g/mol. The molecule has 0 spiro atoms. The summed E-state index contributed by atoms with van der Waals surface area (Å²) in [7, 11) is 0. The molecule has 41 heavy (non-hydrogen) atoms. The maximum Gasteiger partial charge on any atom is 0.254 e. The van der Waals surface area contributed by atoms with Crippen LogP contribution in [-0.4, -0.2) is 64.5 Å². The molecule has 3 aromatic carbocycles. The maximum atomic E-state index is 13.6. The van der Waals surface area contributed by atoms with E-state index in [1.54, 1.807) is 17.0 Å². The van der Waals surface area contributed by atoms with Gasteiger partial charge in [0.15, 0.2) is 5.82 Å². The second kappa shape index (κ2) is 12.7. The Labute approximate surface area is 250 Å². The third-order valence-corrected chi connectivity index (χ3v) is 7.98. The van der Waals surface area contributed by atoms with Gasteiger partial charge in [-0.2, -0.15) is 0 Å². The minimum absolute atomic E-state index is 0.000868. The molecule has 1 aliphatic rings. The molecule has 1 aromatic heterocycles. The number of hydrogen-bond donors (Lipinski definition) is 0. The van der Waals surface area contributed by atoms with E-state index in [9.17, 15) is 9.59 Å². The number of benzene rings is 3. The van der Waals surface area contributed by atoms with Crippen molar-refractivity contribution >= 4 is 40.8 Å². The Balaban J connectivity index is 1.25. The lowest BCUT2D eigenvalue weighted by molar-refractivity contribution is -0.132. The summed E-state index contributed by atoms with van der Waals surface area (Å²) in [4.78, 5) is 32.7. The van der Waals surface area contributed by atoms with Crippen molar-refractivity contribution in [2.75, 3.05) is 37.6 Å². The zero-order valence-electron chi connectivity index (χ0n) is 23.0. The number of amides is 2. The molecule has 7 nitrogen and oxygen atoms in total. The Morgan fingerprint density at radius 2 is 1.59 bits per heavy atom. The van der Waals surface area contributed by atoms with Gasteiger partial charge in [-0.25, -0.2) is 0 Å². The molecule has 1 unspecified atom stereocenters. The van der Waals surface area contributed by atoms with Crippen LogP contribution in [0.1, 0.15) is 34.5 Å². The van der Waals surface area contributed by atoms with E-state index >= 15 is 0 Å². The number of piperazine rings is 1. The van der Waals surface area contributed by atoms with Gasteiger partial charge in [-0.05, 0) is 61.9 Å². The summed E-state index contributed by atoms with van der Waals surface area (Å²) >= 11 is 12.3. The van der Waals surface area contributed by atoms with E-state index < -0.39 is 0 Å². The van der Waals surface area contributed by atoms with Gasteiger partial charge in [0.2, 0.25) is 5.91 Å². The fourth-order valence-corrected chi connectivity index (χ4v) is 5.43. The molecule has 2 amide bonds. The largest absolute Gasteiger partial charge is 0.352 e. The van der Waals surface area contributed by atoms with Crippen molar-refractivity contribution in [3.63, 3.8) is 0 Å². The smallest absolute Gasteiger partial charge is 0.254 e. The van der Waals surface area contributed by atoms with Gasteiger partial charge in [-0.3, -0.25) is 9.59 Å². The minimum atomic E-state index is -0.266. The third-order valence-electron chi connectivity index (χ3n) is 7.43. The number of halogens is 2. The Hall–Kier alpha value is -3.94. The van der Waals surface area contributed by atoms with Crippen molar-refractivity contribution in [3.8, 4) is 11.3 Å². The van der Waals surface area contributed by atoms with Crippen molar-refractivity contribution in [2.24, 2.45) is 0 Å². The summed E-state index contributed by atoms with van der Waals surface area (Å²) in [5.74, 6) is 0.496. The van der Waals surface area contributed by atoms with Crippen LogP contribution >= 0.6 is 23.2 Å². The predicted molar refractivity (Wildman–Crippen MR) is 163 cm³/mol. The lowest BCUT2D eigenvalue weighted by Crippen LogP contribution is -2.52. The molecule has 4 aromatic rings. The number of anilines is 1. The topological polar surface area (TPSA) is 69.6 Å². The van der Waals surface area contributed by atoms with E-state index in [0.29, 0.717) is 47.5 Å². The molecule has 5 rings (SSSR count). The van der Waals surface area contributed by atoms with Crippen LogP contribution in [0, 0.1) is 6.92 Å². The predicted octanol–water partition coefficient (Wildman–Crippen LogP) is 6.31. The van der Waals surface area contributed by atoms with Crippen LogP contribution < -0.4 is 4.90 Å². The number of carbonyl (C=O) groups is 2. The number of aryl methyl sites for hydroxylation is 1. The summed E-state index contributed by atoms with van der Waals surface area (Å²) in [5, 5.41) is 9.85. The van der Waals surface area contributed by atoms with E-state index in [1.165, 1.54) is 0 Å². The number of nitrogens with zero attached hydrogens (tertiary/aromatic N) is 5. The number of carbonyl (C=O) groups excluding carboxylic acids is 2. The number of aromatic nitrogens is 2. The Kier molecular flexibility index (Phi) is 8.86. The zero-order valence-corrected chi connectivity index (χ0v) is 24.5. The molecule has 0 N–H and O–H groups in total. The molecule has 2 heterocycles. The summed E-state index contributed by atoms with van der Waals surface area (Å²) in [6, 6.07) is 26.1. The van der Waals surface area contributed by atoms with Crippen LogP contribution in [0.5, 0.6) is 0 Å². The quantitative estimate of drug-likeness (QED) is 0.253. The summed E-state index contributed by atoms with van der Waals surface area (Å²) in [6.07, 6.45) is 0. The van der Waals surface area contributed by atoms with Crippen LogP contribution in [0.2, 0.25) is 10.0 Å². The van der Waals surface area contributed by atoms with Gasteiger partial charge in [0, 0.05) is 42.3 Å². The lowest BCUT2D eigenvalue weighted by atomic mass is 10.0. The first-order valence-electron chi connectivity index (χ1n) is 13.5. The van der Waals surface area contributed by atoms with Gasteiger partial charge in [-0.1, -0.05) is 71.2 Å². The van der Waals surface area contributed by atoms with Crippen molar-refractivity contribution in [3.05, 3.63) is 112 Å². The first kappa shape index (κ1) is 28.6. The summed E-state index contributed by atoms with van der Waals surface area (Å²) in [6.45, 7) is 6.22. The number of rotatable bonds is 7. The summed E-state index contributed by atoms with van der Waals surface area (Å²) in [5.41, 5.74) is 4.05. The molecule has 0 saturated carbocycles. The molecule has 1 atom stereocenters. The van der Waals surface area contributed by atoms with E-state index in [-0.39, 0.29) is 24.4 Å². The molecule has 0 aliphatic carbocycles. The standard InChI is InChI=1S/C32H31Cl2N5O2/c1-22-8-10-25(11-9-22)32(41)39(23(2)24-6-4-3-5-7-24)21-31(40)38-18-16-37(17-19-38)30-15-14-29(35-36-30)27-13-12-26(33)20-28(27)34/h3-15,20,23H,16-19,21H2,1-2H3. The average Bonchev–Trinajstić information content (AvgIpc) is 3.00. The molecule has 0 bridgehead atoms. The van der Waals surface area contributed by atoms with Crippen molar-refractivity contribution in [1.29, 1.82) is 0 Å². The Bertz CT molecular complexity index is 1510. The lowest BCUT2D eigenvalue weighted by Gasteiger charge is -2.37. The van der Waals surface area contributed by atoms with Crippen molar-refractivity contribution < 1.29 is 9.59 Å². The fraction of sp³-hybridized carbons (Fsp3) is 0.250. The van der Waals surface area contributed by atoms with Gasteiger partial charge >= 0.3 is 0 Å². The molecule has 1 aliphatic heterocycles. The van der Waals surface area contributed by atoms with Gasteiger partial charge in [-0.15, -0.1) is 10.2 Å². The van der Waals surface area contributed by atoms with E-state index in [4.69, 9.17) is 23.2 Å². The normalized spacial score (nSPS) is 14.0. The molecule has 1 saturated heterocycles. The van der Waals surface area contributed by atoms with E-state index in [1.807, 2.05) is 91.5 Å². The minimum Gasteiger partial charge on any atom is -0.352 e. The molecule has 9 heteroatoms. The van der Waals surface area contributed by atoms with Gasteiger partial charge in [0.25, 0.3) is 5.91 Å². The van der Waals surface area contributed by atoms with E-state index in [2.05, 4.69) is 15.1 Å². The van der Waals surface area contributed by atoms with Gasteiger partial charge in [0.1, 0.15) is 6.54 Å². The van der Waals surface area contributed by atoms with Gasteiger partial charge in [0.05, 0.1) is 16.8 Å². The van der Waals surface area contributed by atoms with Gasteiger partial charge < -0.3 is 14.7 Å². The monoisotopic (exact) mass is 587 g/mol. The zero-order chi connectivity index (χ0) is 28.9. The van der Waals surface area contributed by atoms with E-state index in [0.717, 1.165) is 22.5 Å². The van der Waals surface area contributed by atoms with Crippen LogP contribution in [0.4, 0.5) is 5.82 Å². The highest BCUT2D eigenvalue weighted by Gasteiger charge is 2.29. The average molecular weight is 589 g/mol. The molecule has 1 fully saturated rings. The van der Waals surface area contributed by atoms with Crippen LogP contribution in [0.3, 0.4) is 0 Å². The second-order valence-corrected chi connectivity index (χ2v) is 11.0. The maximum absolute atomic E-state index is 13.6. The van der Waals surface area contributed by atoms with Crippen LogP contribution in [-0.2, 0) is 4.79 Å². The molecule has 0 radical (unpaired) electrons. The van der Waals surface area contributed by atoms with Crippen LogP contribution in [0.15, 0.2) is 84.9 Å². The highest BCUT2D eigenvalue weighted by atomic mass is 35.5. The fourth-order valence-electron chi connectivity index (χ4n) is 4.92. The van der Waals surface area contributed by atoms with Crippen LogP contribution in [0.25, 0.3) is 11.3 Å². The SMILES string of the molecule is Cc1ccc(C(=O)N(CC(=O)N2CCN(c3ccc(-c4ccc(Cl)cc4Cl)nn3)CC2)C(C)c2ccccc2)cc1. The second-order valence-electron chi connectivity index (χ2n) is 10.2. The Morgan fingerprint density at radius 3 is 2.22 bits per heavy atom. The highest BCUT2D eigenvalue weighted by molar-refractivity contribution is 6.36.